The Morgan fingerprint density at radius 3 is 2.83 bits per heavy atom. The van der Waals surface area contributed by atoms with Gasteiger partial charge in [-0.25, -0.2) is 0 Å². The number of unbranched alkanes of at least 4 members (excludes halogenated alkanes) is 1. The zero-order valence-electron chi connectivity index (χ0n) is 7.51. The van der Waals surface area contributed by atoms with Gasteiger partial charge in [-0.1, -0.05) is 0 Å². The van der Waals surface area contributed by atoms with Crippen LogP contribution in [0.15, 0.2) is 0 Å². The molecule has 1 aliphatic heterocycles. The number of alkyl halides is 1. The van der Waals surface area contributed by atoms with Gasteiger partial charge in [0, 0.05) is 19.0 Å². The summed E-state index contributed by atoms with van der Waals surface area (Å²) in [6.07, 6.45) is 3.47. The molecule has 0 aromatic carbocycles. The first-order valence-electron chi connectivity index (χ1n) is 4.76. The Bertz CT molecular complexity index is 121. The summed E-state index contributed by atoms with van der Waals surface area (Å²) >= 11 is 5.58. The minimum absolute atomic E-state index is 0.353. The van der Waals surface area contributed by atoms with Gasteiger partial charge in [-0.3, -0.25) is 0 Å². The summed E-state index contributed by atoms with van der Waals surface area (Å²) in [5.74, 6) is 1.30. The standard InChI is InChI=1S/C9H18ClNO/c10-4-1-2-5-11-6-3-9(7-11)8-12/h9,12H,1-8H2. The summed E-state index contributed by atoms with van der Waals surface area (Å²) in [6, 6.07) is 0. The average molecular weight is 192 g/mol. The van der Waals surface area contributed by atoms with Gasteiger partial charge in [0.05, 0.1) is 0 Å². The molecule has 0 aromatic heterocycles. The lowest BCUT2D eigenvalue weighted by Crippen LogP contribution is -2.22. The van der Waals surface area contributed by atoms with Crippen molar-refractivity contribution in [2.45, 2.75) is 19.3 Å². The van der Waals surface area contributed by atoms with Crippen molar-refractivity contribution in [1.82, 2.24) is 4.90 Å². The van der Waals surface area contributed by atoms with E-state index < -0.39 is 0 Å². The third-order valence-electron chi connectivity index (χ3n) is 2.49. The predicted molar refractivity (Wildman–Crippen MR) is 51.6 cm³/mol. The zero-order valence-corrected chi connectivity index (χ0v) is 8.26. The second kappa shape index (κ2) is 5.79. The third-order valence-corrected chi connectivity index (χ3v) is 2.75. The highest BCUT2D eigenvalue weighted by atomic mass is 35.5. The predicted octanol–water partition coefficient (Wildman–Crippen LogP) is 1.32. The summed E-state index contributed by atoms with van der Waals surface area (Å²) in [7, 11) is 0. The molecule has 0 bridgehead atoms. The van der Waals surface area contributed by atoms with E-state index in [-0.39, 0.29) is 0 Å². The molecule has 3 heteroatoms. The van der Waals surface area contributed by atoms with E-state index in [1.165, 1.54) is 6.42 Å². The number of aliphatic hydroxyl groups is 1. The lowest BCUT2D eigenvalue weighted by Gasteiger charge is -2.14. The lowest BCUT2D eigenvalue weighted by atomic mass is 10.1. The lowest BCUT2D eigenvalue weighted by molar-refractivity contribution is 0.221. The Balaban J connectivity index is 2.03. The maximum absolute atomic E-state index is 8.91. The van der Waals surface area contributed by atoms with E-state index in [1.54, 1.807) is 0 Å². The Morgan fingerprint density at radius 2 is 2.25 bits per heavy atom. The van der Waals surface area contributed by atoms with Crippen LogP contribution in [-0.4, -0.2) is 42.1 Å². The van der Waals surface area contributed by atoms with E-state index in [4.69, 9.17) is 16.7 Å². The van der Waals surface area contributed by atoms with Crippen LogP contribution in [0.1, 0.15) is 19.3 Å². The SMILES string of the molecule is OCC1CCN(CCCCCl)C1. The Morgan fingerprint density at radius 1 is 1.42 bits per heavy atom. The topological polar surface area (TPSA) is 23.5 Å². The minimum Gasteiger partial charge on any atom is -0.396 e. The first-order chi connectivity index (χ1) is 5.86. The van der Waals surface area contributed by atoms with Crippen molar-refractivity contribution in [1.29, 1.82) is 0 Å². The van der Waals surface area contributed by atoms with Gasteiger partial charge in [-0.2, -0.15) is 0 Å². The molecule has 0 aromatic rings. The number of nitrogens with zero attached hydrogens (tertiary/aromatic N) is 1. The largest absolute Gasteiger partial charge is 0.396 e. The van der Waals surface area contributed by atoms with Crippen molar-refractivity contribution >= 4 is 11.6 Å². The van der Waals surface area contributed by atoms with Crippen LogP contribution in [0.4, 0.5) is 0 Å². The van der Waals surface area contributed by atoms with Crippen molar-refractivity contribution in [2.24, 2.45) is 5.92 Å². The highest BCUT2D eigenvalue weighted by Gasteiger charge is 2.20. The van der Waals surface area contributed by atoms with E-state index in [2.05, 4.69) is 4.90 Å². The Labute approximate surface area is 79.5 Å². The summed E-state index contributed by atoms with van der Waals surface area (Å²) in [4.78, 5) is 2.42. The fraction of sp³-hybridized carbons (Fsp3) is 1.00. The number of hydrogen-bond acceptors (Lipinski definition) is 2. The fourth-order valence-corrected chi connectivity index (χ4v) is 1.88. The van der Waals surface area contributed by atoms with Crippen molar-refractivity contribution in [2.75, 3.05) is 32.1 Å². The quantitative estimate of drug-likeness (QED) is 0.524. The zero-order chi connectivity index (χ0) is 8.81. The second-order valence-corrected chi connectivity index (χ2v) is 3.91. The molecule has 1 aliphatic rings. The van der Waals surface area contributed by atoms with Gasteiger partial charge in [-0.05, 0) is 38.3 Å². The Hall–Kier alpha value is 0.210. The summed E-state index contributed by atoms with van der Waals surface area (Å²) in [5.41, 5.74) is 0. The van der Waals surface area contributed by atoms with Gasteiger partial charge < -0.3 is 10.0 Å². The maximum atomic E-state index is 8.91. The highest BCUT2D eigenvalue weighted by molar-refractivity contribution is 6.17. The van der Waals surface area contributed by atoms with Crippen LogP contribution >= 0.6 is 11.6 Å². The van der Waals surface area contributed by atoms with Gasteiger partial charge in [-0.15, -0.1) is 11.6 Å². The van der Waals surface area contributed by atoms with E-state index in [9.17, 15) is 0 Å². The van der Waals surface area contributed by atoms with E-state index in [1.807, 2.05) is 0 Å². The molecule has 12 heavy (non-hydrogen) atoms. The molecule has 1 saturated heterocycles. The van der Waals surface area contributed by atoms with Crippen LogP contribution < -0.4 is 0 Å². The number of rotatable bonds is 5. The molecule has 0 saturated carbocycles. The molecule has 0 spiro atoms. The van der Waals surface area contributed by atoms with Crippen molar-refractivity contribution in [3.63, 3.8) is 0 Å². The summed E-state index contributed by atoms with van der Waals surface area (Å²) in [6.45, 7) is 3.75. The maximum Gasteiger partial charge on any atom is 0.0471 e. The second-order valence-electron chi connectivity index (χ2n) is 3.53. The molecular weight excluding hydrogens is 174 g/mol. The smallest absolute Gasteiger partial charge is 0.0471 e. The molecule has 1 atom stereocenters. The molecule has 1 rings (SSSR count). The van der Waals surface area contributed by atoms with Crippen LogP contribution in [0.25, 0.3) is 0 Å². The van der Waals surface area contributed by atoms with Gasteiger partial charge in [0.25, 0.3) is 0 Å². The van der Waals surface area contributed by atoms with Crippen molar-refractivity contribution in [3.05, 3.63) is 0 Å². The molecular formula is C9H18ClNO. The van der Waals surface area contributed by atoms with Gasteiger partial charge in [0.15, 0.2) is 0 Å². The molecule has 1 fully saturated rings. The van der Waals surface area contributed by atoms with Gasteiger partial charge >= 0.3 is 0 Å². The highest BCUT2D eigenvalue weighted by Crippen LogP contribution is 2.15. The number of halogens is 1. The first-order valence-corrected chi connectivity index (χ1v) is 5.29. The number of aliphatic hydroxyl groups excluding tert-OH is 1. The summed E-state index contributed by atoms with van der Waals surface area (Å²) in [5, 5.41) is 8.91. The minimum atomic E-state index is 0.353. The van der Waals surface area contributed by atoms with Crippen LogP contribution in [0.2, 0.25) is 0 Å². The van der Waals surface area contributed by atoms with Gasteiger partial charge in [0.2, 0.25) is 0 Å². The van der Waals surface area contributed by atoms with E-state index in [0.717, 1.165) is 38.4 Å². The van der Waals surface area contributed by atoms with Crippen LogP contribution in [0.5, 0.6) is 0 Å². The van der Waals surface area contributed by atoms with Crippen molar-refractivity contribution in [3.8, 4) is 0 Å². The first kappa shape index (κ1) is 10.3. The molecule has 2 nitrogen and oxygen atoms in total. The molecule has 72 valence electrons. The molecule has 1 unspecified atom stereocenters. The molecule has 1 N–H and O–H groups in total. The van der Waals surface area contributed by atoms with Crippen molar-refractivity contribution < 1.29 is 5.11 Å². The number of hydrogen-bond donors (Lipinski definition) is 1. The van der Waals surface area contributed by atoms with Gasteiger partial charge in [0.1, 0.15) is 0 Å². The average Bonchev–Trinajstić information content (AvgIpc) is 2.53. The third kappa shape index (κ3) is 3.30. The van der Waals surface area contributed by atoms with Crippen LogP contribution in [0, 0.1) is 5.92 Å². The van der Waals surface area contributed by atoms with E-state index >= 15 is 0 Å². The summed E-state index contributed by atoms with van der Waals surface area (Å²) < 4.78 is 0. The molecule has 1 heterocycles. The molecule has 0 aliphatic carbocycles. The normalized spacial score (nSPS) is 25.0. The van der Waals surface area contributed by atoms with Crippen LogP contribution in [0.3, 0.4) is 0 Å². The number of likely N-dealkylation sites (tertiary alicyclic amines) is 1. The molecule has 0 radical (unpaired) electrons. The Kier molecular flexibility index (Phi) is 4.96. The fourth-order valence-electron chi connectivity index (χ4n) is 1.69. The van der Waals surface area contributed by atoms with E-state index in [0.29, 0.717) is 12.5 Å². The van der Waals surface area contributed by atoms with Crippen LogP contribution in [-0.2, 0) is 0 Å². The molecule has 0 amide bonds. The monoisotopic (exact) mass is 191 g/mol.